The molecular weight excluding hydrogens is 236 g/mol. The summed E-state index contributed by atoms with van der Waals surface area (Å²) < 4.78 is 0. The zero-order valence-corrected chi connectivity index (χ0v) is 11.9. The Labute approximate surface area is 115 Å². The van der Waals surface area contributed by atoms with Gasteiger partial charge in [-0.2, -0.15) is 0 Å². The number of aryl methyl sites for hydroxylation is 1. The van der Waals surface area contributed by atoms with Crippen LogP contribution in [0.5, 0.6) is 0 Å². The molecule has 3 N–H and O–H groups in total. The van der Waals surface area contributed by atoms with Crippen LogP contribution < -0.4 is 11.1 Å². The molecule has 3 nitrogen and oxygen atoms in total. The van der Waals surface area contributed by atoms with Gasteiger partial charge in [0.05, 0.1) is 6.04 Å². The molecule has 1 aliphatic carbocycles. The molecule has 1 amide bonds. The predicted octanol–water partition coefficient (Wildman–Crippen LogP) is 2.69. The Kier molecular flexibility index (Phi) is 4.59. The van der Waals surface area contributed by atoms with E-state index >= 15 is 0 Å². The van der Waals surface area contributed by atoms with E-state index in [0.29, 0.717) is 12.3 Å². The van der Waals surface area contributed by atoms with Gasteiger partial charge in [-0.15, -0.1) is 0 Å². The summed E-state index contributed by atoms with van der Waals surface area (Å²) in [6, 6.07) is 8.48. The van der Waals surface area contributed by atoms with E-state index in [1.807, 2.05) is 0 Å². The van der Waals surface area contributed by atoms with Crippen molar-refractivity contribution < 1.29 is 4.79 Å². The maximum absolute atomic E-state index is 12.0. The van der Waals surface area contributed by atoms with Crippen LogP contribution in [0.15, 0.2) is 24.3 Å². The monoisotopic (exact) mass is 260 g/mol. The van der Waals surface area contributed by atoms with E-state index < -0.39 is 0 Å². The first-order valence-electron chi connectivity index (χ1n) is 7.21. The molecule has 1 fully saturated rings. The zero-order valence-electron chi connectivity index (χ0n) is 11.9. The number of rotatable bonds is 6. The number of nitrogens with one attached hydrogen (secondary N) is 1. The van der Waals surface area contributed by atoms with Crippen molar-refractivity contribution in [1.82, 2.24) is 5.32 Å². The topological polar surface area (TPSA) is 55.1 Å². The van der Waals surface area contributed by atoms with Crippen molar-refractivity contribution >= 4 is 5.91 Å². The highest BCUT2D eigenvalue weighted by Crippen LogP contribution is 2.32. The third kappa shape index (κ3) is 4.06. The molecule has 0 spiro atoms. The van der Waals surface area contributed by atoms with E-state index in [4.69, 9.17) is 5.73 Å². The van der Waals surface area contributed by atoms with Crippen LogP contribution in [-0.4, -0.2) is 11.9 Å². The van der Waals surface area contributed by atoms with Crippen molar-refractivity contribution in [2.24, 2.45) is 11.7 Å². The van der Waals surface area contributed by atoms with Crippen LogP contribution >= 0.6 is 0 Å². The fourth-order valence-electron chi connectivity index (χ4n) is 2.38. The van der Waals surface area contributed by atoms with Crippen molar-refractivity contribution in [3.05, 3.63) is 35.4 Å². The summed E-state index contributed by atoms with van der Waals surface area (Å²) in [7, 11) is 0. The number of carbonyl (C=O) groups excluding carboxylic acids is 1. The van der Waals surface area contributed by atoms with Gasteiger partial charge in [0.1, 0.15) is 0 Å². The number of hydrogen-bond acceptors (Lipinski definition) is 2. The maximum Gasteiger partial charge on any atom is 0.222 e. The van der Waals surface area contributed by atoms with Crippen LogP contribution in [0.3, 0.4) is 0 Å². The van der Waals surface area contributed by atoms with Gasteiger partial charge in [0.2, 0.25) is 5.91 Å². The van der Waals surface area contributed by atoms with Crippen molar-refractivity contribution in [2.45, 2.75) is 51.6 Å². The van der Waals surface area contributed by atoms with Gasteiger partial charge in [0.25, 0.3) is 0 Å². The Hall–Kier alpha value is -1.35. The molecule has 1 saturated carbocycles. The predicted molar refractivity (Wildman–Crippen MR) is 77.7 cm³/mol. The summed E-state index contributed by atoms with van der Waals surface area (Å²) in [4.78, 5) is 12.0. The number of nitrogens with two attached hydrogens (primary N) is 1. The molecule has 19 heavy (non-hydrogen) atoms. The lowest BCUT2D eigenvalue weighted by Crippen LogP contribution is -2.34. The number of amides is 1. The average molecular weight is 260 g/mol. The Morgan fingerprint density at radius 1 is 1.37 bits per heavy atom. The normalized spacial score (nSPS) is 17.8. The Bertz CT molecular complexity index is 423. The van der Waals surface area contributed by atoms with Gasteiger partial charge in [-0.3, -0.25) is 4.79 Å². The second-order valence-corrected chi connectivity index (χ2v) is 5.64. The molecule has 2 atom stereocenters. The Morgan fingerprint density at radius 2 is 2.00 bits per heavy atom. The van der Waals surface area contributed by atoms with E-state index in [1.165, 1.54) is 24.0 Å². The van der Waals surface area contributed by atoms with E-state index in [-0.39, 0.29) is 18.0 Å². The first kappa shape index (κ1) is 14.1. The van der Waals surface area contributed by atoms with Crippen LogP contribution in [0.4, 0.5) is 0 Å². The summed E-state index contributed by atoms with van der Waals surface area (Å²) >= 11 is 0. The summed E-state index contributed by atoms with van der Waals surface area (Å²) in [5.74, 6) is 0.650. The lowest BCUT2D eigenvalue weighted by molar-refractivity contribution is -0.122. The molecule has 3 heteroatoms. The van der Waals surface area contributed by atoms with Crippen LogP contribution in [0, 0.1) is 12.8 Å². The molecule has 104 valence electrons. The van der Waals surface area contributed by atoms with Crippen LogP contribution in [0.2, 0.25) is 0 Å². The molecule has 0 radical (unpaired) electrons. The average Bonchev–Trinajstić information content (AvgIpc) is 3.21. The van der Waals surface area contributed by atoms with E-state index in [9.17, 15) is 4.79 Å². The first-order chi connectivity index (χ1) is 9.10. The standard InChI is InChI=1S/C16H24N2O/c1-3-15(13-6-4-11(2)5-7-13)18-16(19)10-14(17)12-8-9-12/h4-7,12,14-15H,3,8-10,17H2,1-2H3,(H,18,19). The lowest BCUT2D eigenvalue weighted by Gasteiger charge is -2.19. The third-order valence-electron chi connectivity index (χ3n) is 3.87. The second kappa shape index (κ2) is 6.20. The molecule has 1 aromatic carbocycles. The van der Waals surface area contributed by atoms with Crippen LogP contribution in [0.1, 0.15) is 49.8 Å². The van der Waals surface area contributed by atoms with E-state index in [1.54, 1.807) is 0 Å². The minimum atomic E-state index is 0.0375. The van der Waals surface area contributed by atoms with Crippen molar-refractivity contribution in [3.8, 4) is 0 Å². The van der Waals surface area contributed by atoms with E-state index in [0.717, 1.165) is 6.42 Å². The Morgan fingerprint density at radius 3 is 2.53 bits per heavy atom. The van der Waals surface area contributed by atoms with Gasteiger partial charge >= 0.3 is 0 Å². The molecule has 0 saturated heterocycles. The highest BCUT2D eigenvalue weighted by Gasteiger charge is 2.30. The van der Waals surface area contributed by atoms with Gasteiger partial charge in [-0.25, -0.2) is 0 Å². The number of hydrogen-bond donors (Lipinski definition) is 2. The highest BCUT2D eigenvalue weighted by molar-refractivity contribution is 5.77. The van der Waals surface area contributed by atoms with Gasteiger partial charge in [-0.05, 0) is 37.7 Å². The SMILES string of the molecule is CCC(NC(=O)CC(N)C1CC1)c1ccc(C)cc1. The number of carbonyl (C=O) groups is 1. The molecule has 0 aromatic heterocycles. The molecular formula is C16H24N2O. The van der Waals surface area contributed by atoms with Crippen LogP contribution in [-0.2, 0) is 4.79 Å². The lowest BCUT2D eigenvalue weighted by atomic mass is 10.0. The Balaban J connectivity index is 1.90. The smallest absolute Gasteiger partial charge is 0.222 e. The van der Waals surface area contributed by atoms with Crippen molar-refractivity contribution in [2.75, 3.05) is 0 Å². The van der Waals surface area contributed by atoms with Gasteiger partial charge in [0, 0.05) is 12.5 Å². The minimum Gasteiger partial charge on any atom is -0.349 e. The van der Waals surface area contributed by atoms with Crippen molar-refractivity contribution in [3.63, 3.8) is 0 Å². The fourth-order valence-corrected chi connectivity index (χ4v) is 2.38. The highest BCUT2D eigenvalue weighted by atomic mass is 16.1. The van der Waals surface area contributed by atoms with Gasteiger partial charge in [-0.1, -0.05) is 36.8 Å². The summed E-state index contributed by atoms with van der Waals surface area (Å²) in [5, 5.41) is 3.10. The fraction of sp³-hybridized carbons (Fsp3) is 0.562. The summed E-state index contributed by atoms with van der Waals surface area (Å²) in [6.07, 6.45) is 3.72. The minimum absolute atomic E-state index is 0.0375. The number of benzene rings is 1. The first-order valence-corrected chi connectivity index (χ1v) is 7.21. The molecule has 2 unspecified atom stereocenters. The van der Waals surface area contributed by atoms with Gasteiger partial charge < -0.3 is 11.1 Å². The van der Waals surface area contributed by atoms with E-state index in [2.05, 4.69) is 43.4 Å². The molecule has 0 heterocycles. The largest absolute Gasteiger partial charge is 0.349 e. The van der Waals surface area contributed by atoms with Gasteiger partial charge in [0.15, 0.2) is 0 Å². The zero-order chi connectivity index (χ0) is 13.8. The molecule has 0 bridgehead atoms. The summed E-state index contributed by atoms with van der Waals surface area (Å²) in [6.45, 7) is 4.16. The maximum atomic E-state index is 12.0. The molecule has 1 aromatic rings. The van der Waals surface area contributed by atoms with Crippen LogP contribution in [0.25, 0.3) is 0 Å². The quantitative estimate of drug-likeness (QED) is 0.826. The molecule has 1 aliphatic rings. The second-order valence-electron chi connectivity index (χ2n) is 5.64. The van der Waals surface area contributed by atoms with Crippen molar-refractivity contribution in [1.29, 1.82) is 0 Å². The molecule has 2 rings (SSSR count). The molecule has 0 aliphatic heterocycles. The summed E-state index contributed by atoms with van der Waals surface area (Å²) in [5.41, 5.74) is 8.40. The third-order valence-corrected chi connectivity index (χ3v) is 3.87.